The van der Waals surface area contributed by atoms with Crippen molar-refractivity contribution in [1.29, 1.82) is 0 Å². The molecule has 3 atom stereocenters. The highest BCUT2D eigenvalue weighted by Gasteiger charge is 2.31. The topological polar surface area (TPSA) is 46.2 Å². The molecule has 0 bridgehead atoms. The predicted octanol–water partition coefficient (Wildman–Crippen LogP) is 2.65. The van der Waals surface area contributed by atoms with Gasteiger partial charge in [0, 0.05) is 0 Å². The Kier molecular flexibility index (Phi) is 4.04. The minimum atomic E-state index is -0.573. The summed E-state index contributed by atoms with van der Waals surface area (Å²) in [6.07, 6.45) is 11.6. The van der Waals surface area contributed by atoms with Gasteiger partial charge in [0.25, 0.3) is 0 Å². The predicted molar refractivity (Wildman–Crippen MR) is 62.2 cm³/mol. The molecule has 0 aromatic heterocycles. The molecule has 0 amide bonds. The molecule has 0 aromatic rings. The first-order valence-corrected chi connectivity index (χ1v) is 6.71. The van der Waals surface area contributed by atoms with Gasteiger partial charge in [-0.2, -0.15) is 0 Å². The Balaban J connectivity index is 1.85. The van der Waals surface area contributed by atoms with Crippen LogP contribution in [-0.2, 0) is 0 Å². The summed E-state index contributed by atoms with van der Waals surface area (Å²) in [5.41, 5.74) is 5.61. The molecule has 2 aliphatic rings. The van der Waals surface area contributed by atoms with Crippen molar-refractivity contribution in [3.8, 4) is 0 Å². The molecule has 2 aliphatic carbocycles. The highest BCUT2D eigenvalue weighted by atomic mass is 16.3. The van der Waals surface area contributed by atoms with Crippen molar-refractivity contribution in [2.45, 2.75) is 64.0 Å². The third-order valence-corrected chi connectivity index (χ3v) is 4.55. The second kappa shape index (κ2) is 5.31. The van der Waals surface area contributed by atoms with Crippen molar-refractivity contribution >= 4 is 0 Å². The van der Waals surface area contributed by atoms with E-state index in [0.717, 1.165) is 18.3 Å². The SMILES string of the molecule is NC(O)C1CCCC(C2CCCCC2)C1. The van der Waals surface area contributed by atoms with Crippen LogP contribution in [0.4, 0.5) is 0 Å². The summed E-state index contributed by atoms with van der Waals surface area (Å²) in [5.74, 6) is 2.19. The zero-order chi connectivity index (χ0) is 10.7. The number of aliphatic hydroxyl groups excluding tert-OH is 1. The van der Waals surface area contributed by atoms with Crippen LogP contribution in [0.3, 0.4) is 0 Å². The second-order valence-electron chi connectivity index (χ2n) is 5.58. The molecule has 2 rings (SSSR count). The van der Waals surface area contributed by atoms with Crippen LogP contribution in [0, 0.1) is 17.8 Å². The molecule has 0 saturated heterocycles. The standard InChI is InChI=1S/C13H25NO/c14-13(15)12-8-4-7-11(9-12)10-5-2-1-3-6-10/h10-13,15H,1-9,14H2. The summed E-state index contributed by atoms with van der Waals surface area (Å²) >= 11 is 0. The molecule has 0 spiro atoms. The van der Waals surface area contributed by atoms with Crippen LogP contribution >= 0.6 is 0 Å². The van der Waals surface area contributed by atoms with Gasteiger partial charge in [-0.25, -0.2) is 0 Å². The maximum Gasteiger partial charge on any atom is 0.105 e. The summed E-state index contributed by atoms with van der Waals surface area (Å²) in [6, 6.07) is 0. The Morgan fingerprint density at radius 2 is 1.53 bits per heavy atom. The molecular formula is C13H25NO. The lowest BCUT2D eigenvalue weighted by Crippen LogP contribution is -2.35. The lowest BCUT2D eigenvalue weighted by atomic mass is 9.70. The van der Waals surface area contributed by atoms with Crippen molar-refractivity contribution in [2.24, 2.45) is 23.5 Å². The first-order chi connectivity index (χ1) is 7.27. The molecule has 2 saturated carbocycles. The summed E-state index contributed by atoms with van der Waals surface area (Å²) in [6.45, 7) is 0. The Morgan fingerprint density at radius 1 is 0.867 bits per heavy atom. The third kappa shape index (κ3) is 2.94. The smallest absolute Gasteiger partial charge is 0.105 e. The van der Waals surface area contributed by atoms with E-state index >= 15 is 0 Å². The normalized spacial score (nSPS) is 36.4. The highest BCUT2D eigenvalue weighted by molar-refractivity contribution is 4.81. The number of hydrogen-bond donors (Lipinski definition) is 2. The van der Waals surface area contributed by atoms with E-state index in [4.69, 9.17) is 5.73 Å². The van der Waals surface area contributed by atoms with Crippen LogP contribution in [0.5, 0.6) is 0 Å². The number of nitrogens with two attached hydrogens (primary N) is 1. The molecule has 2 nitrogen and oxygen atoms in total. The van der Waals surface area contributed by atoms with E-state index in [1.54, 1.807) is 0 Å². The van der Waals surface area contributed by atoms with E-state index in [2.05, 4.69) is 0 Å². The highest BCUT2D eigenvalue weighted by Crippen LogP contribution is 2.40. The van der Waals surface area contributed by atoms with Crippen LogP contribution in [0.1, 0.15) is 57.8 Å². The van der Waals surface area contributed by atoms with E-state index in [1.165, 1.54) is 51.4 Å². The van der Waals surface area contributed by atoms with Crippen molar-refractivity contribution in [3.05, 3.63) is 0 Å². The monoisotopic (exact) mass is 211 g/mol. The maximum absolute atomic E-state index is 9.47. The summed E-state index contributed by atoms with van der Waals surface area (Å²) in [7, 11) is 0. The summed E-state index contributed by atoms with van der Waals surface area (Å²) in [5, 5.41) is 9.47. The molecule has 88 valence electrons. The summed E-state index contributed by atoms with van der Waals surface area (Å²) < 4.78 is 0. The molecular weight excluding hydrogens is 186 g/mol. The molecule has 3 unspecified atom stereocenters. The van der Waals surface area contributed by atoms with Crippen LogP contribution in [0.25, 0.3) is 0 Å². The minimum absolute atomic E-state index is 0.380. The van der Waals surface area contributed by atoms with Gasteiger partial charge in [-0.3, -0.25) is 0 Å². The fourth-order valence-corrected chi connectivity index (χ4v) is 3.61. The average molecular weight is 211 g/mol. The van der Waals surface area contributed by atoms with Gasteiger partial charge in [0.2, 0.25) is 0 Å². The van der Waals surface area contributed by atoms with Gasteiger partial charge < -0.3 is 10.8 Å². The van der Waals surface area contributed by atoms with Crippen molar-refractivity contribution < 1.29 is 5.11 Å². The van der Waals surface area contributed by atoms with Crippen molar-refractivity contribution in [3.63, 3.8) is 0 Å². The second-order valence-corrected chi connectivity index (χ2v) is 5.58. The van der Waals surface area contributed by atoms with Crippen LogP contribution in [-0.4, -0.2) is 11.3 Å². The zero-order valence-electron chi connectivity index (χ0n) is 9.70. The Labute approximate surface area is 93.2 Å². The first kappa shape index (κ1) is 11.4. The third-order valence-electron chi connectivity index (χ3n) is 4.55. The Hall–Kier alpha value is -0.0800. The van der Waals surface area contributed by atoms with E-state index in [1.807, 2.05) is 0 Å². The molecule has 15 heavy (non-hydrogen) atoms. The van der Waals surface area contributed by atoms with Crippen LogP contribution in [0.2, 0.25) is 0 Å². The Bertz CT molecular complexity index is 187. The molecule has 2 heteroatoms. The van der Waals surface area contributed by atoms with Gasteiger partial charge in [-0.1, -0.05) is 44.9 Å². The average Bonchev–Trinajstić information content (AvgIpc) is 2.30. The van der Waals surface area contributed by atoms with E-state index < -0.39 is 6.23 Å². The largest absolute Gasteiger partial charge is 0.379 e. The minimum Gasteiger partial charge on any atom is -0.379 e. The molecule has 0 radical (unpaired) electrons. The van der Waals surface area contributed by atoms with E-state index in [9.17, 15) is 5.11 Å². The van der Waals surface area contributed by atoms with Gasteiger partial charge >= 0.3 is 0 Å². The van der Waals surface area contributed by atoms with E-state index in [-0.39, 0.29) is 0 Å². The first-order valence-electron chi connectivity index (χ1n) is 6.71. The Morgan fingerprint density at radius 3 is 2.20 bits per heavy atom. The van der Waals surface area contributed by atoms with Gasteiger partial charge in [0.15, 0.2) is 0 Å². The molecule has 0 aliphatic heterocycles. The lowest BCUT2D eigenvalue weighted by Gasteiger charge is -2.37. The zero-order valence-corrected chi connectivity index (χ0v) is 9.70. The number of aliphatic hydroxyl groups is 1. The molecule has 3 N–H and O–H groups in total. The van der Waals surface area contributed by atoms with Gasteiger partial charge in [-0.05, 0) is 30.6 Å². The number of hydrogen-bond acceptors (Lipinski definition) is 2. The van der Waals surface area contributed by atoms with Crippen molar-refractivity contribution in [2.75, 3.05) is 0 Å². The fraction of sp³-hybridized carbons (Fsp3) is 1.00. The molecule has 0 aromatic carbocycles. The quantitative estimate of drug-likeness (QED) is 0.690. The van der Waals surface area contributed by atoms with Gasteiger partial charge in [0.05, 0.1) is 0 Å². The van der Waals surface area contributed by atoms with Crippen LogP contribution < -0.4 is 5.73 Å². The lowest BCUT2D eigenvalue weighted by molar-refractivity contribution is 0.0549. The number of rotatable bonds is 2. The van der Waals surface area contributed by atoms with Crippen LogP contribution in [0.15, 0.2) is 0 Å². The van der Waals surface area contributed by atoms with E-state index in [0.29, 0.717) is 5.92 Å². The summed E-state index contributed by atoms with van der Waals surface area (Å²) in [4.78, 5) is 0. The van der Waals surface area contributed by atoms with Gasteiger partial charge in [0.1, 0.15) is 6.23 Å². The fourth-order valence-electron chi connectivity index (χ4n) is 3.61. The molecule has 0 heterocycles. The molecule has 2 fully saturated rings. The maximum atomic E-state index is 9.47. The van der Waals surface area contributed by atoms with Gasteiger partial charge in [-0.15, -0.1) is 0 Å². The van der Waals surface area contributed by atoms with Crippen molar-refractivity contribution in [1.82, 2.24) is 0 Å².